The van der Waals surface area contributed by atoms with E-state index in [1.807, 2.05) is 13.8 Å². The summed E-state index contributed by atoms with van der Waals surface area (Å²) in [6, 6.07) is 2.07. The number of hydrogen-bond acceptors (Lipinski definition) is 3. The van der Waals surface area contributed by atoms with Crippen molar-refractivity contribution in [2.45, 2.75) is 26.7 Å². The zero-order chi connectivity index (χ0) is 13.5. The van der Waals surface area contributed by atoms with Crippen molar-refractivity contribution < 1.29 is 8.78 Å². The number of anilines is 1. The summed E-state index contributed by atoms with van der Waals surface area (Å²) in [6.45, 7) is 5.06. The molecule has 2 rings (SSSR count). The van der Waals surface area contributed by atoms with Gasteiger partial charge in [0.15, 0.2) is 0 Å². The van der Waals surface area contributed by atoms with Crippen molar-refractivity contribution in [3.8, 4) is 6.07 Å². The molecule has 1 aliphatic rings. The van der Waals surface area contributed by atoms with Gasteiger partial charge in [0.25, 0.3) is 5.92 Å². The highest BCUT2D eigenvalue weighted by atomic mass is 19.3. The lowest BCUT2D eigenvalue weighted by atomic mass is 10.1. The molecule has 1 unspecified atom stereocenters. The Kier molecular flexibility index (Phi) is 2.97. The highest BCUT2D eigenvalue weighted by Gasteiger charge is 2.46. The molecule has 3 nitrogen and oxygen atoms in total. The van der Waals surface area contributed by atoms with Gasteiger partial charge in [0, 0.05) is 18.7 Å². The average molecular weight is 251 g/mol. The Hall–Kier alpha value is -1.70. The van der Waals surface area contributed by atoms with E-state index in [4.69, 9.17) is 0 Å². The predicted octanol–water partition coefficient (Wildman–Crippen LogP) is 2.66. The fraction of sp³-hybridized carbons (Fsp3) is 0.538. The lowest BCUT2D eigenvalue weighted by Gasteiger charge is -2.19. The Bertz CT molecular complexity index is 520. The average Bonchev–Trinajstić information content (AvgIpc) is 2.57. The predicted molar refractivity (Wildman–Crippen MR) is 64.8 cm³/mol. The molecular weight excluding hydrogens is 236 g/mol. The van der Waals surface area contributed by atoms with Crippen molar-refractivity contribution in [1.29, 1.82) is 5.26 Å². The lowest BCUT2D eigenvalue weighted by molar-refractivity contribution is -0.0138. The maximum Gasteiger partial charge on any atom is 0.269 e. The van der Waals surface area contributed by atoms with Crippen LogP contribution >= 0.6 is 0 Å². The van der Waals surface area contributed by atoms with Gasteiger partial charge < -0.3 is 4.90 Å². The second-order valence-corrected chi connectivity index (χ2v) is 4.92. The van der Waals surface area contributed by atoms with Crippen LogP contribution in [0.15, 0.2) is 6.20 Å². The van der Waals surface area contributed by atoms with Crippen LogP contribution in [0.25, 0.3) is 0 Å². The van der Waals surface area contributed by atoms with Crippen LogP contribution in [0.5, 0.6) is 0 Å². The van der Waals surface area contributed by atoms with Gasteiger partial charge >= 0.3 is 0 Å². The number of pyridine rings is 1. The molecule has 0 spiro atoms. The van der Waals surface area contributed by atoms with Crippen LogP contribution in [0.4, 0.5) is 14.6 Å². The number of halogens is 2. The molecule has 0 bridgehead atoms. The molecule has 96 valence electrons. The van der Waals surface area contributed by atoms with Crippen LogP contribution in [0, 0.1) is 31.1 Å². The highest BCUT2D eigenvalue weighted by molar-refractivity contribution is 5.59. The summed E-state index contributed by atoms with van der Waals surface area (Å²) in [5.41, 5.74) is 2.11. The first kappa shape index (κ1) is 12.7. The molecule has 0 amide bonds. The zero-order valence-corrected chi connectivity index (χ0v) is 10.7. The van der Waals surface area contributed by atoms with Crippen LogP contribution in [0.1, 0.15) is 23.6 Å². The largest absolute Gasteiger partial charge is 0.349 e. The molecule has 0 aromatic carbocycles. The van der Waals surface area contributed by atoms with Crippen molar-refractivity contribution in [2.24, 2.45) is 5.92 Å². The second kappa shape index (κ2) is 4.20. The third-order valence-electron chi connectivity index (χ3n) is 3.60. The van der Waals surface area contributed by atoms with Crippen molar-refractivity contribution in [1.82, 2.24) is 4.98 Å². The number of aryl methyl sites for hydroxylation is 1. The Morgan fingerprint density at radius 3 is 2.67 bits per heavy atom. The van der Waals surface area contributed by atoms with Gasteiger partial charge in [-0.3, -0.25) is 0 Å². The fourth-order valence-electron chi connectivity index (χ4n) is 2.16. The van der Waals surface area contributed by atoms with E-state index in [1.165, 1.54) is 11.8 Å². The molecule has 1 atom stereocenters. The topological polar surface area (TPSA) is 39.9 Å². The third-order valence-corrected chi connectivity index (χ3v) is 3.60. The number of alkyl halides is 2. The summed E-state index contributed by atoms with van der Waals surface area (Å²) < 4.78 is 27.1. The van der Waals surface area contributed by atoms with Crippen molar-refractivity contribution in [2.75, 3.05) is 18.0 Å². The molecule has 1 fully saturated rings. The highest BCUT2D eigenvalue weighted by Crippen LogP contribution is 2.36. The molecular formula is C13H15F2N3. The molecule has 0 N–H and O–H groups in total. The first-order chi connectivity index (χ1) is 8.36. The molecule has 1 saturated heterocycles. The molecule has 1 aromatic heterocycles. The van der Waals surface area contributed by atoms with Crippen molar-refractivity contribution in [3.63, 3.8) is 0 Å². The fourth-order valence-corrected chi connectivity index (χ4v) is 2.16. The summed E-state index contributed by atoms with van der Waals surface area (Å²) in [6.07, 6.45) is 1.63. The molecule has 0 saturated carbocycles. The van der Waals surface area contributed by atoms with Gasteiger partial charge in [-0.1, -0.05) is 6.92 Å². The van der Waals surface area contributed by atoms with Crippen molar-refractivity contribution in [3.05, 3.63) is 22.9 Å². The Morgan fingerprint density at radius 2 is 2.17 bits per heavy atom. The van der Waals surface area contributed by atoms with E-state index in [0.717, 1.165) is 11.1 Å². The van der Waals surface area contributed by atoms with E-state index >= 15 is 0 Å². The van der Waals surface area contributed by atoms with E-state index in [2.05, 4.69) is 11.1 Å². The standard InChI is InChI=1S/C13H15F2N3/c1-8-5-17-12(11(4-16)10(8)3)18-6-9(2)13(14,15)7-18/h5,9H,6-7H2,1-3H3. The number of aromatic nitrogens is 1. The van der Waals surface area contributed by atoms with E-state index < -0.39 is 11.8 Å². The Balaban J connectivity index is 2.43. The van der Waals surface area contributed by atoms with Crippen LogP contribution in [0.2, 0.25) is 0 Å². The minimum Gasteiger partial charge on any atom is -0.349 e. The maximum absolute atomic E-state index is 13.5. The monoisotopic (exact) mass is 251 g/mol. The van der Waals surface area contributed by atoms with Gasteiger partial charge in [0.1, 0.15) is 11.9 Å². The van der Waals surface area contributed by atoms with Gasteiger partial charge in [-0.05, 0) is 25.0 Å². The molecule has 0 radical (unpaired) electrons. The van der Waals surface area contributed by atoms with Crippen LogP contribution in [0.3, 0.4) is 0 Å². The normalized spacial score (nSPS) is 22.0. The number of nitriles is 1. The first-order valence-electron chi connectivity index (χ1n) is 5.86. The van der Waals surface area contributed by atoms with Gasteiger partial charge in [-0.15, -0.1) is 0 Å². The first-order valence-corrected chi connectivity index (χ1v) is 5.86. The Morgan fingerprint density at radius 1 is 1.50 bits per heavy atom. The molecule has 18 heavy (non-hydrogen) atoms. The SMILES string of the molecule is Cc1cnc(N2CC(C)C(F)(F)C2)c(C#N)c1C. The van der Waals surface area contributed by atoms with Gasteiger partial charge in [0.2, 0.25) is 0 Å². The zero-order valence-electron chi connectivity index (χ0n) is 10.7. The minimum atomic E-state index is -2.72. The summed E-state index contributed by atoms with van der Waals surface area (Å²) in [5.74, 6) is -3.05. The summed E-state index contributed by atoms with van der Waals surface area (Å²) in [7, 11) is 0. The molecule has 1 aliphatic heterocycles. The minimum absolute atomic E-state index is 0.233. The van der Waals surface area contributed by atoms with E-state index in [-0.39, 0.29) is 13.1 Å². The summed E-state index contributed by atoms with van der Waals surface area (Å²) in [4.78, 5) is 5.67. The Labute approximate surface area is 105 Å². The van der Waals surface area contributed by atoms with Crippen LogP contribution in [-0.2, 0) is 0 Å². The number of rotatable bonds is 1. The van der Waals surface area contributed by atoms with Gasteiger partial charge in [0.05, 0.1) is 12.1 Å². The molecule has 2 heterocycles. The quantitative estimate of drug-likeness (QED) is 0.770. The number of nitrogens with zero attached hydrogens (tertiary/aromatic N) is 3. The maximum atomic E-state index is 13.5. The van der Waals surface area contributed by atoms with E-state index in [9.17, 15) is 14.0 Å². The van der Waals surface area contributed by atoms with E-state index in [0.29, 0.717) is 11.4 Å². The van der Waals surface area contributed by atoms with Gasteiger partial charge in [-0.25, -0.2) is 13.8 Å². The number of hydrogen-bond donors (Lipinski definition) is 0. The summed E-state index contributed by atoms with van der Waals surface area (Å²) in [5, 5.41) is 9.18. The summed E-state index contributed by atoms with van der Waals surface area (Å²) >= 11 is 0. The third kappa shape index (κ3) is 1.92. The second-order valence-electron chi connectivity index (χ2n) is 4.92. The molecule has 5 heteroatoms. The lowest BCUT2D eigenvalue weighted by Crippen LogP contribution is -2.27. The van der Waals surface area contributed by atoms with Gasteiger partial charge in [-0.2, -0.15) is 5.26 Å². The van der Waals surface area contributed by atoms with Crippen LogP contribution in [-0.4, -0.2) is 24.0 Å². The smallest absolute Gasteiger partial charge is 0.269 e. The van der Waals surface area contributed by atoms with E-state index in [1.54, 1.807) is 6.20 Å². The van der Waals surface area contributed by atoms with Crippen molar-refractivity contribution >= 4 is 5.82 Å². The molecule has 0 aliphatic carbocycles. The van der Waals surface area contributed by atoms with Crippen LogP contribution < -0.4 is 4.90 Å². The molecule has 1 aromatic rings.